The van der Waals surface area contributed by atoms with Crippen molar-refractivity contribution in [2.75, 3.05) is 13.1 Å². The van der Waals surface area contributed by atoms with E-state index in [0.717, 1.165) is 25.9 Å². The maximum Gasteiger partial charge on any atom is 0.407 e. The molecule has 4 heteroatoms. The lowest BCUT2D eigenvalue weighted by Crippen LogP contribution is -2.33. The van der Waals surface area contributed by atoms with Crippen molar-refractivity contribution in [3.8, 4) is 0 Å². The smallest absolute Gasteiger partial charge is 0.407 e. The molecule has 0 fully saturated rings. The van der Waals surface area contributed by atoms with Gasteiger partial charge < -0.3 is 15.4 Å². The fourth-order valence-electron chi connectivity index (χ4n) is 2.02. The van der Waals surface area contributed by atoms with Gasteiger partial charge in [0.25, 0.3) is 0 Å². The van der Waals surface area contributed by atoms with Gasteiger partial charge in [-0.3, -0.25) is 0 Å². The second-order valence-electron chi connectivity index (χ2n) is 6.08. The summed E-state index contributed by atoms with van der Waals surface area (Å²) >= 11 is 0. The van der Waals surface area contributed by atoms with Gasteiger partial charge >= 0.3 is 6.09 Å². The molecule has 2 N–H and O–H groups in total. The summed E-state index contributed by atoms with van der Waals surface area (Å²) in [6.45, 7) is 10.1. The highest BCUT2D eigenvalue weighted by molar-refractivity contribution is 5.67. The number of ether oxygens (including phenoxy) is 1. The zero-order chi connectivity index (χ0) is 15.7. The molecule has 0 radical (unpaired) electrons. The number of benzene rings is 1. The Morgan fingerprint density at radius 2 is 1.81 bits per heavy atom. The lowest BCUT2D eigenvalue weighted by Gasteiger charge is -2.19. The zero-order valence-corrected chi connectivity index (χ0v) is 13.7. The normalized spacial score (nSPS) is 11.2. The number of aryl methyl sites for hydroxylation is 1. The Balaban J connectivity index is 2.14. The third-order valence-corrected chi connectivity index (χ3v) is 3.01. The van der Waals surface area contributed by atoms with Gasteiger partial charge in [-0.05, 0) is 51.3 Å². The van der Waals surface area contributed by atoms with E-state index in [1.165, 1.54) is 11.1 Å². The van der Waals surface area contributed by atoms with Crippen molar-refractivity contribution < 1.29 is 9.53 Å². The molecule has 0 aliphatic heterocycles. The highest BCUT2D eigenvalue weighted by Gasteiger charge is 2.15. The second-order valence-corrected chi connectivity index (χ2v) is 6.08. The van der Waals surface area contributed by atoms with Crippen molar-refractivity contribution in [1.82, 2.24) is 10.6 Å². The van der Waals surface area contributed by atoms with Crippen LogP contribution in [0, 0.1) is 0 Å². The van der Waals surface area contributed by atoms with Gasteiger partial charge in [0.15, 0.2) is 0 Å². The van der Waals surface area contributed by atoms with Crippen LogP contribution in [0.1, 0.15) is 45.2 Å². The molecule has 1 aromatic carbocycles. The zero-order valence-electron chi connectivity index (χ0n) is 13.7. The molecule has 0 bridgehead atoms. The molecule has 0 saturated heterocycles. The van der Waals surface area contributed by atoms with Gasteiger partial charge in [0, 0.05) is 13.1 Å². The maximum atomic E-state index is 11.4. The summed E-state index contributed by atoms with van der Waals surface area (Å²) in [5, 5.41) is 6.17. The summed E-state index contributed by atoms with van der Waals surface area (Å²) in [5.74, 6) is 0. The van der Waals surface area contributed by atoms with Crippen molar-refractivity contribution in [2.24, 2.45) is 0 Å². The molecule has 0 unspecified atom stereocenters. The van der Waals surface area contributed by atoms with E-state index in [2.05, 4.69) is 41.8 Å². The van der Waals surface area contributed by atoms with Gasteiger partial charge in [0.05, 0.1) is 0 Å². The van der Waals surface area contributed by atoms with E-state index < -0.39 is 5.60 Å². The number of nitrogens with one attached hydrogen (secondary N) is 2. The van der Waals surface area contributed by atoms with Gasteiger partial charge in [0.2, 0.25) is 0 Å². The summed E-state index contributed by atoms with van der Waals surface area (Å²) in [5.41, 5.74) is 2.30. The fourth-order valence-corrected chi connectivity index (χ4v) is 2.02. The first-order valence-corrected chi connectivity index (χ1v) is 7.66. The van der Waals surface area contributed by atoms with Gasteiger partial charge in [-0.1, -0.05) is 31.2 Å². The summed E-state index contributed by atoms with van der Waals surface area (Å²) < 4.78 is 5.17. The molecular formula is C17H28N2O2. The van der Waals surface area contributed by atoms with E-state index in [1.807, 2.05) is 20.8 Å². The van der Waals surface area contributed by atoms with E-state index in [1.54, 1.807) is 0 Å². The molecule has 118 valence electrons. The first kappa shape index (κ1) is 17.5. The Kier molecular flexibility index (Phi) is 7.23. The number of rotatable bonds is 7. The summed E-state index contributed by atoms with van der Waals surface area (Å²) in [6, 6.07) is 8.47. The van der Waals surface area contributed by atoms with E-state index in [4.69, 9.17) is 4.74 Å². The van der Waals surface area contributed by atoms with Crippen molar-refractivity contribution in [2.45, 2.75) is 52.7 Å². The van der Waals surface area contributed by atoms with Crippen LogP contribution in [0.15, 0.2) is 24.3 Å². The van der Waals surface area contributed by atoms with E-state index in [0.29, 0.717) is 6.54 Å². The van der Waals surface area contributed by atoms with Gasteiger partial charge in [-0.25, -0.2) is 4.79 Å². The Morgan fingerprint density at radius 3 is 2.43 bits per heavy atom. The number of amides is 1. The molecule has 1 amide bonds. The number of hydrogen-bond donors (Lipinski definition) is 2. The van der Waals surface area contributed by atoms with Crippen molar-refractivity contribution in [3.05, 3.63) is 35.4 Å². The molecule has 1 aromatic rings. The Bertz CT molecular complexity index is 439. The third kappa shape index (κ3) is 7.71. The van der Waals surface area contributed by atoms with E-state index in [9.17, 15) is 4.79 Å². The molecule has 0 atom stereocenters. The fraction of sp³-hybridized carbons (Fsp3) is 0.588. The molecular weight excluding hydrogens is 264 g/mol. The minimum absolute atomic E-state index is 0.348. The predicted molar refractivity (Wildman–Crippen MR) is 86.4 cm³/mol. The molecule has 0 heterocycles. The van der Waals surface area contributed by atoms with Crippen molar-refractivity contribution in [1.29, 1.82) is 0 Å². The highest BCUT2D eigenvalue weighted by atomic mass is 16.6. The summed E-state index contributed by atoms with van der Waals surface area (Å²) in [7, 11) is 0. The van der Waals surface area contributed by atoms with Gasteiger partial charge in [-0.2, -0.15) is 0 Å². The third-order valence-electron chi connectivity index (χ3n) is 3.01. The largest absolute Gasteiger partial charge is 0.444 e. The second kappa shape index (κ2) is 8.67. The first-order valence-electron chi connectivity index (χ1n) is 7.66. The Hall–Kier alpha value is -1.55. The first-order chi connectivity index (χ1) is 9.92. The van der Waals surface area contributed by atoms with Crippen molar-refractivity contribution >= 4 is 6.09 Å². The molecule has 0 aliphatic carbocycles. The van der Waals surface area contributed by atoms with Crippen LogP contribution in [0.5, 0.6) is 0 Å². The monoisotopic (exact) mass is 292 g/mol. The number of carbonyl (C=O) groups is 1. The molecule has 0 spiro atoms. The van der Waals surface area contributed by atoms with E-state index >= 15 is 0 Å². The highest BCUT2D eigenvalue weighted by Crippen LogP contribution is 2.09. The average molecular weight is 292 g/mol. The van der Waals surface area contributed by atoms with Crippen molar-refractivity contribution in [3.63, 3.8) is 0 Å². The van der Waals surface area contributed by atoms with Gasteiger partial charge in [0.1, 0.15) is 5.60 Å². The van der Waals surface area contributed by atoms with Crippen LogP contribution in [-0.4, -0.2) is 24.8 Å². The Morgan fingerprint density at radius 1 is 1.14 bits per heavy atom. The van der Waals surface area contributed by atoms with Crippen LogP contribution in [0.2, 0.25) is 0 Å². The number of carbonyl (C=O) groups excluding carboxylic acids is 1. The van der Waals surface area contributed by atoms with Gasteiger partial charge in [-0.15, -0.1) is 0 Å². The minimum Gasteiger partial charge on any atom is -0.444 e. The molecule has 0 aliphatic rings. The molecule has 0 aromatic heterocycles. The lowest BCUT2D eigenvalue weighted by molar-refractivity contribution is 0.0527. The standard InChI is InChI=1S/C17H28N2O2/c1-5-14-9-6-7-10-15(14)13-18-11-8-12-19-16(20)21-17(2,3)4/h6-7,9-10,18H,5,8,11-13H2,1-4H3,(H,19,20). The summed E-state index contributed by atoms with van der Waals surface area (Å²) in [6.07, 6.45) is 1.59. The number of alkyl carbamates (subject to hydrolysis) is 1. The average Bonchev–Trinajstić information content (AvgIpc) is 2.41. The van der Waals surface area contributed by atoms with Crippen LogP contribution >= 0.6 is 0 Å². The molecule has 1 rings (SSSR count). The number of hydrogen-bond acceptors (Lipinski definition) is 3. The lowest BCUT2D eigenvalue weighted by atomic mass is 10.1. The minimum atomic E-state index is -0.438. The summed E-state index contributed by atoms with van der Waals surface area (Å²) in [4.78, 5) is 11.4. The molecule has 21 heavy (non-hydrogen) atoms. The Labute approximate surface area is 128 Å². The van der Waals surface area contributed by atoms with Crippen LogP contribution in [0.4, 0.5) is 4.79 Å². The van der Waals surface area contributed by atoms with Crippen LogP contribution in [-0.2, 0) is 17.7 Å². The molecule has 4 nitrogen and oxygen atoms in total. The van der Waals surface area contributed by atoms with Crippen LogP contribution < -0.4 is 10.6 Å². The maximum absolute atomic E-state index is 11.4. The predicted octanol–water partition coefficient (Wildman–Crippen LogP) is 3.25. The topological polar surface area (TPSA) is 50.4 Å². The SMILES string of the molecule is CCc1ccccc1CNCCCNC(=O)OC(C)(C)C. The van der Waals surface area contributed by atoms with E-state index in [-0.39, 0.29) is 6.09 Å². The quantitative estimate of drug-likeness (QED) is 0.758. The molecule has 0 saturated carbocycles. The van der Waals surface area contributed by atoms with Crippen LogP contribution in [0.25, 0.3) is 0 Å². The van der Waals surface area contributed by atoms with Crippen LogP contribution in [0.3, 0.4) is 0 Å².